The number of amides is 1. The van der Waals surface area contributed by atoms with Crippen LogP contribution < -0.4 is 4.74 Å². The second-order valence-corrected chi connectivity index (χ2v) is 14.8. The van der Waals surface area contributed by atoms with Gasteiger partial charge in [-0.1, -0.05) is 12.8 Å². The number of carbonyl (C=O) groups excluding carboxylic acids is 3. The third-order valence-corrected chi connectivity index (χ3v) is 10.7. The molecule has 5 aliphatic rings. The maximum absolute atomic E-state index is 14.4. The molecule has 5 fully saturated rings. The number of nitrogens with zero attached hydrogens (tertiary/aromatic N) is 4. The van der Waals surface area contributed by atoms with E-state index < -0.39 is 22.7 Å². The fraction of sp³-hybridized carbons (Fsp3) is 0.794. The summed E-state index contributed by atoms with van der Waals surface area (Å²) >= 11 is 0. The molecule has 3 aliphatic heterocycles. The Morgan fingerprint density at radius 1 is 1.00 bits per heavy atom. The zero-order chi connectivity index (χ0) is 32.0. The maximum atomic E-state index is 14.4. The molecule has 11 heteroatoms. The highest BCUT2D eigenvalue weighted by atomic mass is 16.7. The molecule has 2 saturated carbocycles. The first-order valence-electron chi connectivity index (χ1n) is 17.0. The minimum Gasteiger partial charge on any atom is -0.473 e. The van der Waals surface area contributed by atoms with Crippen LogP contribution in [0.4, 0.5) is 4.79 Å². The summed E-state index contributed by atoms with van der Waals surface area (Å²) in [6.07, 6.45) is 7.35. The fourth-order valence-electron chi connectivity index (χ4n) is 8.43. The molecule has 1 unspecified atom stereocenters. The molecule has 11 nitrogen and oxygen atoms in total. The van der Waals surface area contributed by atoms with Gasteiger partial charge in [-0.05, 0) is 86.2 Å². The SMILES string of the molecule is C[C@H](Oc1cc([C@@H]2CCN(C(=O)OC(C)(C)C)C2)nc(C(=O)C2CCC[C@@]3(CCCCC34OCCO4)C2=O)n1)[C@@H]1CCCN1C. The van der Waals surface area contributed by atoms with Gasteiger partial charge in [0.25, 0.3) is 0 Å². The number of likely N-dealkylation sites (tertiary alicyclic amines) is 2. The van der Waals surface area contributed by atoms with Gasteiger partial charge in [0.05, 0.1) is 30.2 Å². The Morgan fingerprint density at radius 2 is 1.73 bits per heavy atom. The van der Waals surface area contributed by atoms with Crippen LogP contribution in [0.1, 0.15) is 114 Å². The average Bonchev–Trinajstić information content (AvgIpc) is 3.77. The van der Waals surface area contributed by atoms with Crippen molar-refractivity contribution in [1.82, 2.24) is 19.8 Å². The molecule has 5 atom stereocenters. The summed E-state index contributed by atoms with van der Waals surface area (Å²) in [7, 11) is 2.10. The molecular formula is C34H50N4O7. The van der Waals surface area contributed by atoms with Gasteiger partial charge in [0.2, 0.25) is 11.7 Å². The van der Waals surface area contributed by atoms with Gasteiger partial charge < -0.3 is 23.8 Å². The van der Waals surface area contributed by atoms with Crippen molar-refractivity contribution in [3.8, 4) is 5.88 Å². The number of fused-ring (bicyclic) bond motifs is 1. The lowest BCUT2D eigenvalue weighted by molar-refractivity contribution is -0.255. The van der Waals surface area contributed by atoms with Gasteiger partial charge in [-0.25, -0.2) is 9.78 Å². The molecule has 0 radical (unpaired) electrons. The number of Topliss-reactive ketones (excluding diaryl/α,β-unsaturated/α-hetero) is 2. The quantitative estimate of drug-likeness (QED) is 0.318. The predicted octanol–water partition coefficient (Wildman–Crippen LogP) is 4.92. The molecule has 1 aromatic rings. The van der Waals surface area contributed by atoms with Crippen LogP contribution in [0.2, 0.25) is 0 Å². The summed E-state index contributed by atoms with van der Waals surface area (Å²) in [5.74, 6) is -2.01. The van der Waals surface area contributed by atoms with E-state index in [2.05, 4.69) is 16.9 Å². The van der Waals surface area contributed by atoms with E-state index in [1.807, 2.05) is 33.8 Å². The first kappa shape index (κ1) is 32.3. The van der Waals surface area contributed by atoms with Gasteiger partial charge in [0.1, 0.15) is 11.7 Å². The molecule has 2 aliphatic carbocycles. The number of rotatable bonds is 6. The van der Waals surface area contributed by atoms with Crippen LogP contribution in [-0.4, -0.2) is 101 Å². The van der Waals surface area contributed by atoms with Crippen LogP contribution in [0.5, 0.6) is 5.88 Å². The number of ketones is 2. The van der Waals surface area contributed by atoms with E-state index in [1.165, 1.54) is 0 Å². The second-order valence-electron chi connectivity index (χ2n) is 14.8. The Hall–Kier alpha value is -2.63. The normalized spacial score (nSPS) is 31.1. The van der Waals surface area contributed by atoms with Crippen molar-refractivity contribution in [2.75, 3.05) is 39.9 Å². The highest BCUT2D eigenvalue weighted by Crippen LogP contribution is 2.56. The first-order chi connectivity index (χ1) is 21.4. The second kappa shape index (κ2) is 12.5. The van der Waals surface area contributed by atoms with Crippen molar-refractivity contribution < 1.29 is 33.3 Å². The Labute approximate surface area is 266 Å². The van der Waals surface area contributed by atoms with Crippen LogP contribution in [0.15, 0.2) is 6.07 Å². The third kappa shape index (κ3) is 6.24. The summed E-state index contributed by atoms with van der Waals surface area (Å²) in [5.41, 5.74) is -0.766. The van der Waals surface area contributed by atoms with Crippen LogP contribution in [0.25, 0.3) is 0 Å². The van der Waals surface area contributed by atoms with Crippen LogP contribution in [0, 0.1) is 11.3 Å². The zero-order valence-corrected chi connectivity index (χ0v) is 27.6. The molecule has 1 amide bonds. The highest BCUT2D eigenvalue weighted by molar-refractivity contribution is 6.11. The molecule has 6 rings (SSSR count). The number of hydrogen-bond acceptors (Lipinski definition) is 10. The Kier molecular flexibility index (Phi) is 8.99. The first-order valence-corrected chi connectivity index (χ1v) is 17.0. The summed E-state index contributed by atoms with van der Waals surface area (Å²) < 4.78 is 24.4. The molecular weight excluding hydrogens is 576 g/mol. The molecule has 0 aromatic carbocycles. The van der Waals surface area contributed by atoms with Crippen LogP contribution in [0.3, 0.4) is 0 Å². The molecule has 2 spiro atoms. The molecule has 4 heterocycles. The molecule has 0 N–H and O–H groups in total. The smallest absolute Gasteiger partial charge is 0.410 e. The topological polar surface area (TPSA) is 120 Å². The summed E-state index contributed by atoms with van der Waals surface area (Å²) in [6, 6.07) is 2.05. The number of hydrogen-bond donors (Lipinski definition) is 0. The lowest BCUT2D eigenvalue weighted by atomic mass is 9.57. The molecule has 45 heavy (non-hydrogen) atoms. The zero-order valence-electron chi connectivity index (χ0n) is 27.6. The summed E-state index contributed by atoms with van der Waals surface area (Å²) in [5, 5.41) is 0. The van der Waals surface area contributed by atoms with Gasteiger partial charge >= 0.3 is 6.09 Å². The number of aromatic nitrogens is 2. The van der Waals surface area contributed by atoms with E-state index in [0.717, 1.165) is 38.6 Å². The highest BCUT2D eigenvalue weighted by Gasteiger charge is 2.63. The van der Waals surface area contributed by atoms with Crippen LogP contribution in [-0.2, 0) is 19.0 Å². The Balaban J connectivity index is 1.28. The molecule has 0 bridgehead atoms. The van der Waals surface area contributed by atoms with Crippen molar-refractivity contribution in [2.45, 2.75) is 121 Å². The summed E-state index contributed by atoms with van der Waals surface area (Å²) in [6.45, 7) is 10.5. The average molecular weight is 627 g/mol. The van der Waals surface area contributed by atoms with Gasteiger partial charge in [-0.15, -0.1) is 0 Å². The number of ether oxygens (including phenoxy) is 4. The van der Waals surface area contributed by atoms with E-state index in [4.69, 9.17) is 23.9 Å². The monoisotopic (exact) mass is 626 g/mol. The largest absolute Gasteiger partial charge is 0.473 e. The van der Waals surface area contributed by atoms with Crippen LogP contribution >= 0.6 is 0 Å². The minimum absolute atomic E-state index is 0.0127. The third-order valence-electron chi connectivity index (χ3n) is 10.7. The van der Waals surface area contributed by atoms with E-state index >= 15 is 0 Å². The van der Waals surface area contributed by atoms with Gasteiger partial charge in [-0.2, -0.15) is 4.98 Å². The molecule has 1 aromatic heterocycles. The van der Waals surface area contributed by atoms with Crippen molar-refractivity contribution in [2.24, 2.45) is 11.3 Å². The lowest BCUT2D eigenvalue weighted by Gasteiger charge is -2.51. The Bertz CT molecular complexity index is 1290. The predicted molar refractivity (Wildman–Crippen MR) is 165 cm³/mol. The van der Waals surface area contributed by atoms with Crippen molar-refractivity contribution in [3.63, 3.8) is 0 Å². The lowest BCUT2D eigenvalue weighted by Crippen LogP contribution is -2.60. The van der Waals surface area contributed by atoms with Crippen molar-refractivity contribution in [3.05, 3.63) is 17.6 Å². The van der Waals surface area contributed by atoms with Crippen molar-refractivity contribution >= 4 is 17.7 Å². The summed E-state index contributed by atoms with van der Waals surface area (Å²) in [4.78, 5) is 55.0. The maximum Gasteiger partial charge on any atom is 0.410 e. The molecule has 248 valence electrons. The van der Waals surface area contributed by atoms with E-state index in [0.29, 0.717) is 70.0 Å². The molecule has 3 saturated heterocycles. The van der Waals surface area contributed by atoms with Gasteiger partial charge in [-0.3, -0.25) is 14.5 Å². The van der Waals surface area contributed by atoms with Gasteiger partial charge in [0.15, 0.2) is 17.4 Å². The Morgan fingerprint density at radius 3 is 2.44 bits per heavy atom. The van der Waals surface area contributed by atoms with E-state index in [-0.39, 0.29) is 41.5 Å². The standard InChI is InChI=1S/C34H50N4O7/c1-22(26-11-9-16-37(26)5)44-27-20-25(23-12-17-38(21-23)31(41)45-32(2,3)4)35-30(36-27)28(39)24-10-8-14-33(29(24)40)13-6-7-15-34(33)42-18-19-43-34/h20,22-24,26H,6-19,21H2,1-5H3/t22-,23+,24?,26-,33-/m0/s1. The minimum atomic E-state index is -0.935. The number of likely N-dealkylation sites (N-methyl/N-ethyl adjacent to an activating group) is 1. The van der Waals surface area contributed by atoms with E-state index in [1.54, 1.807) is 4.90 Å². The van der Waals surface area contributed by atoms with Gasteiger partial charge in [0, 0.05) is 37.5 Å². The fourth-order valence-corrected chi connectivity index (χ4v) is 8.43. The number of carbonyl (C=O) groups is 3. The van der Waals surface area contributed by atoms with E-state index in [9.17, 15) is 14.4 Å². The van der Waals surface area contributed by atoms with Crippen molar-refractivity contribution in [1.29, 1.82) is 0 Å².